The molecule has 1 aromatic rings. The molecule has 1 N–H and O–H groups in total. The lowest BCUT2D eigenvalue weighted by molar-refractivity contribution is 0.190. The van der Waals surface area contributed by atoms with E-state index in [0.717, 1.165) is 13.2 Å². The highest BCUT2D eigenvalue weighted by molar-refractivity contribution is 5.45. The molecule has 18 heavy (non-hydrogen) atoms. The van der Waals surface area contributed by atoms with E-state index in [2.05, 4.69) is 41.4 Å². The van der Waals surface area contributed by atoms with Crippen molar-refractivity contribution in [2.45, 2.75) is 32.4 Å². The molecular weight excluding hydrogens is 224 g/mol. The van der Waals surface area contributed by atoms with Crippen LogP contribution in [-0.4, -0.2) is 37.7 Å². The summed E-state index contributed by atoms with van der Waals surface area (Å²) in [6.07, 6.45) is 2.71. The molecule has 1 saturated heterocycles. The van der Waals surface area contributed by atoms with Gasteiger partial charge in [-0.1, -0.05) is 12.1 Å². The maximum atomic E-state index is 5.12. The van der Waals surface area contributed by atoms with Gasteiger partial charge in [-0.3, -0.25) is 4.90 Å². The number of rotatable bonds is 6. The molecule has 0 spiro atoms. The Balaban J connectivity index is 1.84. The van der Waals surface area contributed by atoms with Crippen molar-refractivity contribution in [2.75, 3.05) is 32.1 Å². The molecule has 3 heteroatoms. The second-order valence-corrected chi connectivity index (χ2v) is 5.18. The quantitative estimate of drug-likeness (QED) is 0.837. The van der Waals surface area contributed by atoms with Crippen LogP contribution in [0.2, 0.25) is 0 Å². The molecule has 0 bridgehead atoms. The Morgan fingerprint density at radius 1 is 1.22 bits per heavy atom. The number of likely N-dealkylation sites (tertiary alicyclic amines) is 1. The molecule has 1 unspecified atom stereocenters. The molecule has 3 nitrogen and oxygen atoms in total. The normalized spacial score (nSPS) is 17.9. The van der Waals surface area contributed by atoms with Crippen molar-refractivity contribution >= 4 is 5.69 Å². The molecule has 2 rings (SSSR count). The zero-order valence-electron chi connectivity index (χ0n) is 11.5. The van der Waals surface area contributed by atoms with Crippen LogP contribution >= 0.6 is 0 Å². The Morgan fingerprint density at radius 3 is 2.50 bits per heavy atom. The van der Waals surface area contributed by atoms with E-state index in [1.807, 2.05) is 0 Å². The summed E-state index contributed by atoms with van der Waals surface area (Å²) < 4.78 is 5.12. The number of nitrogens with zero attached hydrogens (tertiary/aromatic N) is 1. The van der Waals surface area contributed by atoms with E-state index in [4.69, 9.17) is 4.74 Å². The molecule has 1 atom stereocenters. The van der Waals surface area contributed by atoms with Crippen LogP contribution in [0.15, 0.2) is 24.3 Å². The van der Waals surface area contributed by atoms with Gasteiger partial charge in [-0.2, -0.15) is 0 Å². The fourth-order valence-corrected chi connectivity index (χ4v) is 2.48. The highest BCUT2D eigenvalue weighted by Crippen LogP contribution is 2.15. The zero-order valence-corrected chi connectivity index (χ0v) is 11.5. The average Bonchev–Trinajstić information content (AvgIpc) is 2.85. The van der Waals surface area contributed by atoms with Gasteiger partial charge in [-0.15, -0.1) is 0 Å². The van der Waals surface area contributed by atoms with Gasteiger partial charge in [0.15, 0.2) is 0 Å². The summed E-state index contributed by atoms with van der Waals surface area (Å²) in [5, 5.41) is 3.43. The second kappa shape index (κ2) is 6.76. The highest BCUT2D eigenvalue weighted by Gasteiger charge is 2.11. The lowest BCUT2D eigenvalue weighted by Crippen LogP contribution is -2.21. The molecular formula is C15H24N2O. The molecule has 0 aliphatic carbocycles. The number of nitrogens with one attached hydrogen (secondary N) is 1. The van der Waals surface area contributed by atoms with Gasteiger partial charge in [0, 0.05) is 25.4 Å². The largest absolute Gasteiger partial charge is 0.383 e. The Bertz CT molecular complexity index is 344. The van der Waals surface area contributed by atoms with Gasteiger partial charge in [0.25, 0.3) is 0 Å². The minimum atomic E-state index is 0.347. The molecule has 0 amide bonds. The summed E-state index contributed by atoms with van der Waals surface area (Å²) in [7, 11) is 1.73. The molecule has 1 heterocycles. The Hall–Kier alpha value is -1.06. The van der Waals surface area contributed by atoms with E-state index >= 15 is 0 Å². The SMILES string of the molecule is COCC(C)Nc1ccc(CN2CCCC2)cc1. The minimum absolute atomic E-state index is 0.347. The number of benzene rings is 1. The lowest BCUT2D eigenvalue weighted by Gasteiger charge is -2.16. The number of ether oxygens (including phenoxy) is 1. The summed E-state index contributed by atoms with van der Waals surface area (Å²) in [5.41, 5.74) is 2.58. The summed E-state index contributed by atoms with van der Waals surface area (Å²) >= 11 is 0. The van der Waals surface area contributed by atoms with Crippen molar-refractivity contribution in [1.82, 2.24) is 4.90 Å². The summed E-state index contributed by atoms with van der Waals surface area (Å²) in [6.45, 7) is 6.46. The molecule has 1 aliphatic rings. The third-order valence-electron chi connectivity index (χ3n) is 3.39. The first-order chi connectivity index (χ1) is 8.78. The smallest absolute Gasteiger partial charge is 0.0661 e. The van der Waals surface area contributed by atoms with E-state index < -0.39 is 0 Å². The minimum Gasteiger partial charge on any atom is -0.383 e. The van der Waals surface area contributed by atoms with E-state index in [-0.39, 0.29) is 0 Å². The second-order valence-electron chi connectivity index (χ2n) is 5.18. The van der Waals surface area contributed by atoms with Crippen molar-refractivity contribution in [3.63, 3.8) is 0 Å². The fraction of sp³-hybridized carbons (Fsp3) is 0.600. The number of hydrogen-bond acceptors (Lipinski definition) is 3. The highest BCUT2D eigenvalue weighted by atomic mass is 16.5. The van der Waals surface area contributed by atoms with Gasteiger partial charge >= 0.3 is 0 Å². The fourth-order valence-electron chi connectivity index (χ4n) is 2.48. The summed E-state index contributed by atoms with van der Waals surface area (Å²) in [4.78, 5) is 2.52. The van der Waals surface area contributed by atoms with Crippen LogP contribution in [0.25, 0.3) is 0 Å². The van der Waals surface area contributed by atoms with Gasteiger partial charge in [-0.25, -0.2) is 0 Å². The molecule has 0 aromatic heterocycles. The van der Waals surface area contributed by atoms with Crippen LogP contribution in [0.4, 0.5) is 5.69 Å². The van der Waals surface area contributed by atoms with Crippen LogP contribution in [-0.2, 0) is 11.3 Å². The van der Waals surface area contributed by atoms with E-state index in [1.54, 1.807) is 7.11 Å². The van der Waals surface area contributed by atoms with Gasteiger partial charge in [0.2, 0.25) is 0 Å². The van der Waals surface area contributed by atoms with E-state index in [9.17, 15) is 0 Å². The van der Waals surface area contributed by atoms with Crippen LogP contribution < -0.4 is 5.32 Å². The molecule has 1 fully saturated rings. The maximum Gasteiger partial charge on any atom is 0.0661 e. The predicted octanol–water partition coefficient (Wildman–Crippen LogP) is 2.73. The Morgan fingerprint density at radius 2 is 1.89 bits per heavy atom. The van der Waals surface area contributed by atoms with Crippen molar-refractivity contribution in [3.8, 4) is 0 Å². The molecule has 1 aromatic carbocycles. The van der Waals surface area contributed by atoms with E-state index in [0.29, 0.717) is 6.04 Å². The Kier molecular flexibility index (Phi) is 5.02. The number of hydrogen-bond donors (Lipinski definition) is 1. The first kappa shape index (κ1) is 13.4. The summed E-state index contributed by atoms with van der Waals surface area (Å²) in [6, 6.07) is 9.12. The lowest BCUT2D eigenvalue weighted by atomic mass is 10.2. The van der Waals surface area contributed by atoms with Gasteiger partial charge < -0.3 is 10.1 Å². The third-order valence-corrected chi connectivity index (χ3v) is 3.39. The molecule has 0 radical (unpaired) electrons. The van der Waals surface area contributed by atoms with Gasteiger partial charge in [0.1, 0.15) is 0 Å². The Labute approximate surface area is 110 Å². The molecule has 1 aliphatic heterocycles. The maximum absolute atomic E-state index is 5.12. The first-order valence-corrected chi connectivity index (χ1v) is 6.84. The third kappa shape index (κ3) is 4.00. The predicted molar refractivity (Wildman–Crippen MR) is 75.9 cm³/mol. The zero-order chi connectivity index (χ0) is 12.8. The molecule has 100 valence electrons. The summed E-state index contributed by atoms with van der Waals surface area (Å²) in [5.74, 6) is 0. The topological polar surface area (TPSA) is 24.5 Å². The van der Waals surface area contributed by atoms with Crippen LogP contribution in [0.3, 0.4) is 0 Å². The number of methoxy groups -OCH3 is 1. The van der Waals surface area contributed by atoms with Crippen molar-refractivity contribution < 1.29 is 4.74 Å². The molecule has 0 saturated carbocycles. The standard InChI is InChI=1S/C15H24N2O/c1-13(12-18-2)16-15-7-5-14(6-8-15)11-17-9-3-4-10-17/h5-8,13,16H,3-4,9-12H2,1-2H3. The first-order valence-electron chi connectivity index (χ1n) is 6.84. The average molecular weight is 248 g/mol. The monoisotopic (exact) mass is 248 g/mol. The van der Waals surface area contributed by atoms with Crippen molar-refractivity contribution in [2.24, 2.45) is 0 Å². The van der Waals surface area contributed by atoms with Crippen molar-refractivity contribution in [1.29, 1.82) is 0 Å². The van der Waals surface area contributed by atoms with Crippen LogP contribution in [0.5, 0.6) is 0 Å². The van der Waals surface area contributed by atoms with Crippen LogP contribution in [0, 0.1) is 0 Å². The van der Waals surface area contributed by atoms with E-state index in [1.165, 1.54) is 37.2 Å². The van der Waals surface area contributed by atoms with Crippen LogP contribution in [0.1, 0.15) is 25.3 Å². The van der Waals surface area contributed by atoms with Gasteiger partial charge in [0.05, 0.1) is 6.61 Å². The van der Waals surface area contributed by atoms with Gasteiger partial charge in [-0.05, 0) is 50.6 Å². The number of anilines is 1. The van der Waals surface area contributed by atoms with Crippen molar-refractivity contribution in [3.05, 3.63) is 29.8 Å².